The lowest BCUT2D eigenvalue weighted by Crippen LogP contribution is -2.36. The number of pyridine rings is 1. The van der Waals surface area contributed by atoms with Crippen LogP contribution in [0.4, 0.5) is 0 Å². The first-order valence-electron chi connectivity index (χ1n) is 9.47. The fraction of sp³-hybridized carbons (Fsp3) is 0.409. The summed E-state index contributed by atoms with van der Waals surface area (Å²) in [6.07, 6.45) is 2.42. The predicted molar refractivity (Wildman–Crippen MR) is 107 cm³/mol. The van der Waals surface area contributed by atoms with Gasteiger partial charge in [-0.15, -0.1) is 0 Å². The number of carbonyl (C=O) groups excluding carboxylic acids is 2. The molecule has 5 nitrogen and oxygen atoms in total. The van der Waals surface area contributed by atoms with E-state index >= 15 is 0 Å². The lowest BCUT2D eigenvalue weighted by atomic mass is 10.1. The van der Waals surface area contributed by atoms with E-state index in [1.165, 1.54) is 6.20 Å². The summed E-state index contributed by atoms with van der Waals surface area (Å²) in [7, 11) is 0. The van der Waals surface area contributed by atoms with Crippen molar-refractivity contribution in [1.82, 2.24) is 15.2 Å². The van der Waals surface area contributed by atoms with Crippen LogP contribution in [0.2, 0.25) is 0 Å². The highest BCUT2D eigenvalue weighted by Crippen LogP contribution is 2.14. The first kappa shape index (κ1) is 20.6. The van der Waals surface area contributed by atoms with Crippen molar-refractivity contribution in [3.8, 4) is 0 Å². The molecule has 0 atom stereocenters. The van der Waals surface area contributed by atoms with Crippen molar-refractivity contribution < 1.29 is 9.59 Å². The average molecular weight is 367 g/mol. The summed E-state index contributed by atoms with van der Waals surface area (Å²) in [6, 6.07) is 13.2. The summed E-state index contributed by atoms with van der Waals surface area (Å²) in [5.41, 5.74) is 1.82. The van der Waals surface area contributed by atoms with Crippen LogP contribution < -0.4 is 5.32 Å². The van der Waals surface area contributed by atoms with Crippen molar-refractivity contribution in [2.24, 2.45) is 5.92 Å². The van der Waals surface area contributed by atoms with Crippen LogP contribution in [0.3, 0.4) is 0 Å². The Hall–Kier alpha value is -2.69. The molecule has 0 aliphatic carbocycles. The SMILES string of the molecule is CC(C)CCNC(=O)c1cc(C(=O)N(Cc2ccccc2)C(C)C)ccn1. The molecular formula is C22H29N3O2. The van der Waals surface area contributed by atoms with Gasteiger partial charge in [-0.1, -0.05) is 44.2 Å². The average Bonchev–Trinajstić information content (AvgIpc) is 2.66. The van der Waals surface area contributed by atoms with Gasteiger partial charge in [0.25, 0.3) is 11.8 Å². The van der Waals surface area contributed by atoms with Gasteiger partial charge in [-0.25, -0.2) is 0 Å². The number of aromatic nitrogens is 1. The van der Waals surface area contributed by atoms with Gasteiger partial charge in [0.05, 0.1) is 0 Å². The first-order chi connectivity index (χ1) is 12.9. The Morgan fingerprint density at radius 3 is 2.41 bits per heavy atom. The van der Waals surface area contributed by atoms with Crippen LogP contribution in [-0.2, 0) is 6.54 Å². The van der Waals surface area contributed by atoms with E-state index in [4.69, 9.17) is 0 Å². The molecule has 0 unspecified atom stereocenters. The largest absolute Gasteiger partial charge is 0.351 e. The normalized spacial score (nSPS) is 10.9. The number of hydrogen-bond acceptors (Lipinski definition) is 3. The Balaban J connectivity index is 2.13. The molecule has 0 saturated heterocycles. The summed E-state index contributed by atoms with van der Waals surface area (Å²) < 4.78 is 0. The van der Waals surface area contributed by atoms with E-state index < -0.39 is 0 Å². The number of amides is 2. The molecule has 0 radical (unpaired) electrons. The molecule has 2 aromatic rings. The van der Waals surface area contributed by atoms with Gasteiger partial charge in [-0.2, -0.15) is 0 Å². The van der Waals surface area contributed by atoms with Gasteiger partial charge in [0.15, 0.2) is 0 Å². The van der Waals surface area contributed by atoms with Crippen molar-refractivity contribution in [2.45, 2.75) is 46.7 Å². The van der Waals surface area contributed by atoms with Gasteiger partial charge in [-0.3, -0.25) is 14.6 Å². The number of benzene rings is 1. The number of nitrogens with zero attached hydrogens (tertiary/aromatic N) is 2. The molecule has 0 aliphatic heterocycles. The Morgan fingerprint density at radius 1 is 1.07 bits per heavy atom. The van der Waals surface area contributed by atoms with Crippen molar-refractivity contribution in [3.05, 3.63) is 65.5 Å². The van der Waals surface area contributed by atoms with E-state index in [1.807, 2.05) is 44.2 Å². The predicted octanol–water partition coefficient (Wildman–Crippen LogP) is 3.91. The molecule has 0 spiro atoms. The Morgan fingerprint density at radius 2 is 1.78 bits per heavy atom. The van der Waals surface area contributed by atoms with E-state index in [9.17, 15) is 9.59 Å². The maximum absolute atomic E-state index is 13.0. The number of carbonyl (C=O) groups is 2. The zero-order valence-corrected chi connectivity index (χ0v) is 16.6. The second-order valence-corrected chi connectivity index (χ2v) is 7.38. The summed E-state index contributed by atoms with van der Waals surface area (Å²) in [4.78, 5) is 31.3. The molecule has 0 saturated carbocycles. The van der Waals surface area contributed by atoms with Gasteiger partial charge in [-0.05, 0) is 43.9 Å². The van der Waals surface area contributed by atoms with Gasteiger partial charge in [0.2, 0.25) is 0 Å². The zero-order chi connectivity index (χ0) is 19.8. The van der Waals surface area contributed by atoms with Gasteiger partial charge in [0, 0.05) is 30.9 Å². The van der Waals surface area contributed by atoms with Crippen LogP contribution in [0, 0.1) is 5.92 Å². The van der Waals surface area contributed by atoms with Gasteiger partial charge >= 0.3 is 0 Å². The fourth-order valence-electron chi connectivity index (χ4n) is 2.69. The third kappa shape index (κ3) is 6.20. The molecule has 0 aliphatic rings. The summed E-state index contributed by atoms with van der Waals surface area (Å²) in [6.45, 7) is 9.31. The Bertz CT molecular complexity index is 757. The molecule has 0 fully saturated rings. The molecule has 0 bridgehead atoms. The standard InChI is InChI=1S/C22H29N3O2/c1-16(2)10-12-24-21(26)20-14-19(11-13-23-20)22(27)25(17(3)4)15-18-8-6-5-7-9-18/h5-9,11,13-14,16-17H,10,12,15H2,1-4H3,(H,24,26). The van der Waals surface area contributed by atoms with E-state index in [2.05, 4.69) is 24.1 Å². The minimum absolute atomic E-state index is 0.0363. The molecule has 144 valence electrons. The van der Waals surface area contributed by atoms with E-state index in [1.54, 1.807) is 17.0 Å². The van der Waals surface area contributed by atoms with E-state index in [0.717, 1.165) is 12.0 Å². The highest BCUT2D eigenvalue weighted by molar-refractivity contribution is 5.98. The monoisotopic (exact) mass is 367 g/mol. The van der Waals surface area contributed by atoms with Crippen molar-refractivity contribution in [1.29, 1.82) is 0 Å². The lowest BCUT2D eigenvalue weighted by Gasteiger charge is -2.27. The highest BCUT2D eigenvalue weighted by Gasteiger charge is 2.20. The minimum Gasteiger partial charge on any atom is -0.351 e. The van der Waals surface area contributed by atoms with E-state index in [0.29, 0.717) is 24.6 Å². The fourth-order valence-corrected chi connectivity index (χ4v) is 2.69. The van der Waals surface area contributed by atoms with Crippen molar-refractivity contribution in [3.63, 3.8) is 0 Å². The lowest BCUT2D eigenvalue weighted by molar-refractivity contribution is 0.0690. The summed E-state index contributed by atoms with van der Waals surface area (Å²) >= 11 is 0. The molecule has 27 heavy (non-hydrogen) atoms. The zero-order valence-electron chi connectivity index (χ0n) is 16.6. The van der Waals surface area contributed by atoms with Crippen LogP contribution in [0.25, 0.3) is 0 Å². The number of nitrogens with one attached hydrogen (secondary N) is 1. The highest BCUT2D eigenvalue weighted by atomic mass is 16.2. The molecular weight excluding hydrogens is 338 g/mol. The maximum atomic E-state index is 13.0. The van der Waals surface area contributed by atoms with E-state index in [-0.39, 0.29) is 23.6 Å². The number of hydrogen-bond donors (Lipinski definition) is 1. The smallest absolute Gasteiger partial charge is 0.269 e. The third-order valence-corrected chi connectivity index (χ3v) is 4.33. The molecule has 1 N–H and O–H groups in total. The molecule has 5 heteroatoms. The first-order valence-corrected chi connectivity index (χ1v) is 9.47. The summed E-state index contributed by atoms with van der Waals surface area (Å²) in [5.74, 6) is 0.167. The van der Waals surface area contributed by atoms with Crippen LogP contribution in [0.1, 0.15) is 60.5 Å². The van der Waals surface area contributed by atoms with Crippen LogP contribution in [0.15, 0.2) is 48.7 Å². The van der Waals surface area contributed by atoms with Crippen LogP contribution in [0.5, 0.6) is 0 Å². The molecule has 2 amide bonds. The van der Waals surface area contributed by atoms with Crippen molar-refractivity contribution >= 4 is 11.8 Å². The van der Waals surface area contributed by atoms with Gasteiger partial charge < -0.3 is 10.2 Å². The summed E-state index contributed by atoms with van der Waals surface area (Å²) in [5, 5.41) is 2.86. The van der Waals surface area contributed by atoms with Crippen LogP contribution in [-0.4, -0.2) is 34.3 Å². The molecule has 1 heterocycles. The van der Waals surface area contributed by atoms with Crippen molar-refractivity contribution in [2.75, 3.05) is 6.54 Å². The second-order valence-electron chi connectivity index (χ2n) is 7.38. The quantitative estimate of drug-likeness (QED) is 0.769. The second kappa shape index (κ2) is 9.86. The maximum Gasteiger partial charge on any atom is 0.269 e. The van der Waals surface area contributed by atoms with Crippen LogP contribution >= 0.6 is 0 Å². The Labute approximate surface area is 161 Å². The van der Waals surface area contributed by atoms with Gasteiger partial charge in [0.1, 0.15) is 5.69 Å². The molecule has 1 aromatic heterocycles. The topological polar surface area (TPSA) is 62.3 Å². The minimum atomic E-state index is -0.246. The third-order valence-electron chi connectivity index (χ3n) is 4.33. The molecule has 2 rings (SSSR count). The molecule has 1 aromatic carbocycles. The Kier molecular flexibility index (Phi) is 7.53. The number of rotatable bonds is 8.